The lowest BCUT2D eigenvalue weighted by Crippen LogP contribution is -1.85. The third kappa shape index (κ3) is 1.82. The maximum absolute atomic E-state index is 13.1. The van der Waals surface area contributed by atoms with Gasteiger partial charge in [-0.1, -0.05) is 6.07 Å². The van der Waals surface area contributed by atoms with Crippen LogP contribution in [0.15, 0.2) is 46.9 Å². The van der Waals surface area contributed by atoms with Crippen molar-refractivity contribution in [2.24, 2.45) is 0 Å². The lowest BCUT2D eigenvalue weighted by atomic mass is 10.2. The summed E-state index contributed by atoms with van der Waals surface area (Å²) in [4.78, 5) is 4.34. The summed E-state index contributed by atoms with van der Waals surface area (Å²) in [5.74, 6) is 0.128. The van der Waals surface area contributed by atoms with Crippen molar-refractivity contribution in [2.75, 3.05) is 12.4 Å². The van der Waals surface area contributed by atoms with Gasteiger partial charge in [0.05, 0.1) is 0 Å². The van der Waals surface area contributed by atoms with Crippen molar-refractivity contribution in [3.05, 3.63) is 48.3 Å². The topological polar surface area (TPSA) is 38.1 Å². The van der Waals surface area contributed by atoms with Gasteiger partial charge < -0.3 is 9.73 Å². The molecular weight excluding hydrogens is 231 g/mol. The van der Waals surface area contributed by atoms with Gasteiger partial charge in [0.1, 0.15) is 11.3 Å². The molecule has 0 unspecified atom stereocenters. The molecule has 3 nitrogen and oxygen atoms in total. The minimum Gasteiger partial charge on any atom is -0.436 e. The van der Waals surface area contributed by atoms with Crippen LogP contribution in [0, 0.1) is 5.82 Å². The molecule has 90 valence electrons. The molecule has 0 aliphatic carbocycles. The second-order valence-electron chi connectivity index (χ2n) is 3.96. The van der Waals surface area contributed by atoms with Crippen LogP contribution in [0.4, 0.5) is 10.1 Å². The Balaban J connectivity index is 2.13. The van der Waals surface area contributed by atoms with Crippen molar-refractivity contribution < 1.29 is 8.81 Å². The number of hydrogen-bond acceptors (Lipinski definition) is 3. The van der Waals surface area contributed by atoms with E-state index < -0.39 is 0 Å². The maximum atomic E-state index is 13.1. The van der Waals surface area contributed by atoms with Gasteiger partial charge in [-0.2, -0.15) is 0 Å². The summed E-state index contributed by atoms with van der Waals surface area (Å²) in [5, 5.41) is 3.03. The quantitative estimate of drug-likeness (QED) is 0.745. The smallest absolute Gasteiger partial charge is 0.227 e. The molecule has 0 fully saturated rings. The summed E-state index contributed by atoms with van der Waals surface area (Å²) in [6.07, 6.45) is 0. The van der Waals surface area contributed by atoms with E-state index in [1.54, 1.807) is 12.1 Å². The number of hydrogen-bond donors (Lipinski definition) is 1. The third-order valence-corrected chi connectivity index (χ3v) is 2.75. The molecule has 1 heterocycles. The van der Waals surface area contributed by atoms with E-state index in [1.807, 2.05) is 25.2 Å². The fourth-order valence-corrected chi connectivity index (χ4v) is 1.83. The average Bonchev–Trinajstić information content (AvgIpc) is 2.81. The second kappa shape index (κ2) is 4.14. The summed E-state index contributed by atoms with van der Waals surface area (Å²) < 4.78 is 18.8. The van der Waals surface area contributed by atoms with E-state index in [9.17, 15) is 4.39 Å². The van der Waals surface area contributed by atoms with Gasteiger partial charge in [0.2, 0.25) is 5.89 Å². The highest BCUT2D eigenvalue weighted by Crippen LogP contribution is 2.26. The Labute approximate surface area is 103 Å². The van der Waals surface area contributed by atoms with Gasteiger partial charge in [-0.25, -0.2) is 9.37 Å². The molecule has 1 aromatic heterocycles. The summed E-state index contributed by atoms with van der Waals surface area (Å²) in [7, 11) is 1.84. The first-order valence-electron chi connectivity index (χ1n) is 5.60. The summed E-state index contributed by atoms with van der Waals surface area (Å²) in [6.45, 7) is 0. The fraction of sp³-hybridized carbons (Fsp3) is 0.0714. The van der Waals surface area contributed by atoms with E-state index in [2.05, 4.69) is 10.3 Å². The van der Waals surface area contributed by atoms with Gasteiger partial charge >= 0.3 is 0 Å². The van der Waals surface area contributed by atoms with Crippen LogP contribution in [0.25, 0.3) is 22.6 Å². The molecule has 4 heteroatoms. The van der Waals surface area contributed by atoms with Crippen LogP contribution < -0.4 is 5.32 Å². The van der Waals surface area contributed by atoms with Crippen LogP contribution in [0.5, 0.6) is 0 Å². The van der Waals surface area contributed by atoms with Crippen LogP contribution in [-0.4, -0.2) is 12.0 Å². The molecule has 0 spiro atoms. The molecule has 3 rings (SSSR count). The predicted molar refractivity (Wildman–Crippen MR) is 68.9 cm³/mol. The highest BCUT2D eigenvalue weighted by molar-refractivity contribution is 5.79. The van der Waals surface area contributed by atoms with E-state index in [4.69, 9.17) is 4.42 Å². The number of halogens is 1. The van der Waals surface area contributed by atoms with Crippen molar-refractivity contribution in [2.45, 2.75) is 0 Å². The van der Waals surface area contributed by atoms with Gasteiger partial charge in [0, 0.05) is 24.4 Å². The maximum Gasteiger partial charge on any atom is 0.227 e. The van der Waals surface area contributed by atoms with Crippen molar-refractivity contribution >= 4 is 16.8 Å². The molecule has 0 saturated carbocycles. The standard InChI is InChI=1S/C14H11FN2O/c1-16-11-5-6-12-13(8-11)18-14(17-12)9-3-2-4-10(15)7-9/h2-8,16H,1H3. The monoisotopic (exact) mass is 242 g/mol. The molecule has 0 radical (unpaired) electrons. The molecule has 18 heavy (non-hydrogen) atoms. The van der Waals surface area contributed by atoms with Gasteiger partial charge in [-0.05, 0) is 30.3 Å². The van der Waals surface area contributed by atoms with Crippen LogP contribution in [0.3, 0.4) is 0 Å². The minimum atomic E-state index is -0.300. The van der Waals surface area contributed by atoms with E-state index in [-0.39, 0.29) is 5.82 Å². The largest absolute Gasteiger partial charge is 0.436 e. The molecule has 0 bridgehead atoms. The SMILES string of the molecule is CNc1ccc2nc(-c3cccc(F)c3)oc2c1. The van der Waals surface area contributed by atoms with Crippen LogP contribution in [0.1, 0.15) is 0 Å². The Bertz CT molecular complexity index is 706. The minimum absolute atomic E-state index is 0.300. The Morgan fingerprint density at radius 3 is 2.83 bits per heavy atom. The average molecular weight is 242 g/mol. The highest BCUT2D eigenvalue weighted by Gasteiger charge is 2.09. The van der Waals surface area contributed by atoms with Crippen LogP contribution >= 0.6 is 0 Å². The Morgan fingerprint density at radius 1 is 1.17 bits per heavy atom. The zero-order chi connectivity index (χ0) is 12.5. The Hall–Kier alpha value is -2.36. The number of oxazole rings is 1. The number of nitrogens with zero attached hydrogens (tertiary/aromatic N) is 1. The second-order valence-corrected chi connectivity index (χ2v) is 3.96. The van der Waals surface area contributed by atoms with Crippen molar-refractivity contribution in [1.82, 2.24) is 4.98 Å². The van der Waals surface area contributed by atoms with Crippen LogP contribution in [0.2, 0.25) is 0 Å². The van der Waals surface area contributed by atoms with Gasteiger partial charge in [-0.15, -0.1) is 0 Å². The van der Waals surface area contributed by atoms with Crippen LogP contribution in [-0.2, 0) is 0 Å². The molecule has 3 aromatic rings. The Morgan fingerprint density at radius 2 is 2.06 bits per heavy atom. The molecule has 0 saturated heterocycles. The van der Waals surface area contributed by atoms with Gasteiger partial charge in [0.15, 0.2) is 5.58 Å². The molecule has 0 atom stereocenters. The summed E-state index contributed by atoms with van der Waals surface area (Å²) in [6, 6.07) is 11.9. The van der Waals surface area contributed by atoms with Crippen molar-refractivity contribution in [1.29, 1.82) is 0 Å². The highest BCUT2D eigenvalue weighted by atomic mass is 19.1. The van der Waals surface area contributed by atoms with Gasteiger partial charge in [-0.3, -0.25) is 0 Å². The normalized spacial score (nSPS) is 10.8. The molecule has 0 aliphatic heterocycles. The first-order valence-corrected chi connectivity index (χ1v) is 5.60. The van der Waals surface area contributed by atoms with E-state index in [0.29, 0.717) is 17.0 Å². The number of aromatic nitrogens is 1. The molecule has 0 amide bonds. The zero-order valence-electron chi connectivity index (χ0n) is 9.77. The molecule has 1 N–H and O–H groups in total. The van der Waals surface area contributed by atoms with Crippen molar-refractivity contribution in [3.8, 4) is 11.5 Å². The predicted octanol–water partition coefficient (Wildman–Crippen LogP) is 3.68. The summed E-state index contributed by atoms with van der Waals surface area (Å²) in [5.41, 5.74) is 3.02. The molecular formula is C14H11FN2O. The van der Waals surface area contributed by atoms with Gasteiger partial charge in [0.25, 0.3) is 0 Å². The number of nitrogens with one attached hydrogen (secondary N) is 1. The van der Waals surface area contributed by atoms with Crippen molar-refractivity contribution in [3.63, 3.8) is 0 Å². The number of benzene rings is 2. The summed E-state index contributed by atoms with van der Waals surface area (Å²) >= 11 is 0. The lowest BCUT2D eigenvalue weighted by molar-refractivity contribution is 0.611. The van der Waals surface area contributed by atoms with E-state index >= 15 is 0 Å². The van der Waals surface area contributed by atoms with E-state index in [0.717, 1.165) is 11.2 Å². The molecule has 2 aromatic carbocycles. The first kappa shape index (κ1) is 10.8. The fourth-order valence-electron chi connectivity index (χ4n) is 1.83. The number of fused-ring (bicyclic) bond motifs is 1. The third-order valence-electron chi connectivity index (χ3n) is 2.75. The van der Waals surface area contributed by atoms with E-state index in [1.165, 1.54) is 12.1 Å². The lowest BCUT2D eigenvalue weighted by Gasteiger charge is -1.96. The Kier molecular flexibility index (Phi) is 2.48. The zero-order valence-corrected chi connectivity index (χ0v) is 9.77. The molecule has 0 aliphatic rings. The first-order chi connectivity index (χ1) is 8.76. The number of anilines is 1. The number of rotatable bonds is 2.